The van der Waals surface area contributed by atoms with Crippen molar-refractivity contribution < 1.29 is 0 Å². The summed E-state index contributed by atoms with van der Waals surface area (Å²) in [5, 5.41) is 7.81. The minimum absolute atomic E-state index is 0.392. The van der Waals surface area contributed by atoms with Crippen molar-refractivity contribution in [3.05, 3.63) is 216 Å². The first kappa shape index (κ1) is 38.6. The Morgan fingerprint density at radius 2 is 1.21 bits per heavy atom. The van der Waals surface area contributed by atoms with E-state index < -0.39 is 0 Å². The number of aryl methyl sites for hydroxylation is 1. The number of benzene rings is 7. The molecule has 4 heterocycles. The molecule has 66 heavy (non-hydrogen) atoms. The summed E-state index contributed by atoms with van der Waals surface area (Å²) >= 11 is 0. The zero-order valence-electron chi connectivity index (χ0n) is 37.7. The van der Waals surface area contributed by atoms with Gasteiger partial charge in [0, 0.05) is 66.5 Å². The molecule has 0 saturated heterocycles. The topological polar surface area (TPSA) is 19.7 Å². The third-order valence-corrected chi connectivity index (χ3v) is 14.6. The van der Waals surface area contributed by atoms with Crippen molar-refractivity contribution in [2.45, 2.75) is 46.5 Å². The van der Waals surface area contributed by atoms with Crippen molar-refractivity contribution in [1.29, 1.82) is 0 Å². The van der Waals surface area contributed by atoms with Crippen LogP contribution in [0.3, 0.4) is 0 Å². The summed E-state index contributed by atoms with van der Waals surface area (Å²) in [6, 6.07) is 58.6. The van der Waals surface area contributed by atoms with E-state index in [9.17, 15) is 0 Å². The van der Waals surface area contributed by atoms with Gasteiger partial charge in [0.15, 0.2) is 0 Å². The van der Waals surface area contributed by atoms with Crippen LogP contribution in [0, 0.1) is 12.8 Å². The third kappa shape index (κ3) is 5.64. The Labute approximate surface area is 384 Å². The van der Waals surface area contributed by atoms with Crippen molar-refractivity contribution in [2.24, 2.45) is 5.92 Å². The van der Waals surface area contributed by atoms with Crippen molar-refractivity contribution in [3.8, 4) is 17.1 Å². The Morgan fingerprint density at radius 1 is 0.561 bits per heavy atom. The highest BCUT2D eigenvalue weighted by Crippen LogP contribution is 2.47. The van der Waals surface area contributed by atoms with Crippen LogP contribution < -0.4 is 0 Å². The maximum Gasteiger partial charge on any atom is 0.0638 e. The van der Waals surface area contributed by atoms with Crippen LogP contribution >= 0.6 is 0 Å². The number of para-hydroxylation sites is 4. The molecule has 0 N–H and O–H groups in total. The van der Waals surface area contributed by atoms with Gasteiger partial charge in [-0.2, -0.15) is 0 Å². The first-order valence-electron chi connectivity index (χ1n) is 23.7. The Balaban J connectivity index is 1.10. The molecule has 0 fully saturated rings. The molecule has 4 aromatic heterocycles. The molecule has 1 unspecified atom stereocenters. The Kier molecular flexibility index (Phi) is 8.86. The van der Waals surface area contributed by atoms with Crippen molar-refractivity contribution in [2.75, 3.05) is 0 Å². The molecule has 1 atom stereocenters. The number of hydrogen-bond acceptors (Lipinski definition) is 0. The maximum absolute atomic E-state index is 2.64. The van der Waals surface area contributed by atoms with Crippen LogP contribution in [0.5, 0.6) is 0 Å². The predicted octanol–water partition coefficient (Wildman–Crippen LogP) is 16.1. The van der Waals surface area contributed by atoms with Gasteiger partial charge in [0.2, 0.25) is 0 Å². The van der Waals surface area contributed by atoms with Crippen LogP contribution in [0.1, 0.15) is 54.8 Å². The minimum atomic E-state index is 0.392. The quantitative estimate of drug-likeness (QED) is 0.142. The van der Waals surface area contributed by atoms with E-state index in [2.05, 4.69) is 233 Å². The molecule has 0 amide bonds. The van der Waals surface area contributed by atoms with E-state index in [1.165, 1.54) is 122 Å². The van der Waals surface area contributed by atoms with Gasteiger partial charge in [-0.25, -0.2) is 0 Å². The van der Waals surface area contributed by atoms with E-state index in [1.807, 2.05) is 0 Å². The average molecular weight is 851 g/mol. The van der Waals surface area contributed by atoms with Crippen LogP contribution in [-0.2, 0) is 12.8 Å². The molecule has 0 saturated carbocycles. The lowest BCUT2D eigenvalue weighted by atomic mass is 9.88. The monoisotopic (exact) mass is 850 g/mol. The molecule has 11 aromatic rings. The molecule has 0 spiro atoms. The number of hydrogen-bond donors (Lipinski definition) is 0. The summed E-state index contributed by atoms with van der Waals surface area (Å²) in [5.74, 6) is 0.392. The van der Waals surface area contributed by atoms with Gasteiger partial charge in [-0.1, -0.05) is 128 Å². The lowest BCUT2D eigenvalue weighted by Crippen LogP contribution is -2.09. The maximum atomic E-state index is 2.64. The van der Waals surface area contributed by atoms with E-state index in [-0.39, 0.29) is 0 Å². The van der Waals surface area contributed by atoms with Crippen LogP contribution in [0.4, 0.5) is 0 Å². The predicted molar refractivity (Wildman–Crippen MR) is 281 cm³/mol. The summed E-state index contributed by atoms with van der Waals surface area (Å²) in [6.07, 6.45) is 18.0. The highest BCUT2D eigenvalue weighted by atomic mass is 15.0. The lowest BCUT2D eigenvalue weighted by Gasteiger charge is -2.24. The number of rotatable bonds is 7. The van der Waals surface area contributed by atoms with E-state index in [4.69, 9.17) is 0 Å². The molecule has 7 aromatic carbocycles. The number of aromatic nitrogens is 4. The molecule has 13 rings (SSSR count). The molecule has 4 heteroatoms. The molecule has 0 aliphatic heterocycles. The number of nitrogens with zero attached hydrogens (tertiary/aromatic N) is 4. The second kappa shape index (κ2) is 15.1. The summed E-state index contributed by atoms with van der Waals surface area (Å²) in [6.45, 7) is 6.78. The minimum Gasteiger partial charge on any atom is -0.314 e. The summed E-state index contributed by atoms with van der Waals surface area (Å²) in [4.78, 5) is 0. The molecular formula is C62H50N4. The van der Waals surface area contributed by atoms with Crippen LogP contribution in [0.15, 0.2) is 188 Å². The fourth-order valence-electron chi connectivity index (χ4n) is 11.7. The van der Waals surface area contributed by atoms with Crippen molar-refractivity contribution in [1.82, 2.24) is 18.3 Å². The van der Waals surface area contributed by atoms with E-state index in [0.29, 0.717) is 5.92 Å². The van der Waals surface area contributed by atoms with Crippen LogP contribution in [0.2, 0.25) is 0 Å². The Bertz CT molecular complexity index is 3890. The van der Waals surface area contributed by atoms with Gasteiger partial charge in [0.1, 0.15) is 0 Å². The standard InChI is InChI=1S/C62H50N4/c1-4-5-25-46-41(3)63(43-20-8-6-9-21-43)57-36-33-49-47-26-12-15-29-53(47)65(61(49)59(46)57)45-24-18-19-42(39-45)52-38-40(2)32-35-56(52)66-54-30-16-13-27-48(54)50-34-37-58-60(62(50)66)51-28-14-17-31-55(51)64(58)44-22-10-7-11-23-44/h4-12,14-24,26,28-37,39-40H,13,25,27,38H2,1-3H3/b5-4-. The first-order chi connectivity index (χ1) is 32.6. The normalized spacial score (nSPS) is 15.3. The SMILES string of the molecule is C/C=C\Cc1c(C)n(-c2ccccc2)c2ccc3c4ccccc4n(-c4cccc(C5=C(n6c7c(c8ccc9c(c%10ccccc%10n9-c9ccccc9)c86)CCC=C7)C=CC(C)C5)c4)c3c12. The molecule has 0 radical (unpaired) electrons. The smallest absolute Gasteiger partial charge is 0.0638 e. The highest BCUT2D eigenvalue weighted by molar-refractivity contribution is 6.23. The van der Waals surface area contributed by atoms with Gasteiger partial charge < -0.3 is 18.3 Å². The molecule has 318 valence electrons. The summed E-state index contributed by atoms with van der Waals surface area (Å²) < 4.78 is 10.1. The Morgan fingerprint density at radius 3 is 1.98 bits per heavy atom. The molecular weight excluding hydrogens is 801 g/mol. The second-order valence-corrected chi connectivity index (χ2v) is 18.4. The van der Waals surface area contributed by atoms with E-state index >= 15 is 0 Å². The molecule has 0 bridgehead atoms. The zero-order chi connectivity index (χ0) is 44.0. The Hall–Kier alpha value is -7.82. The zero-order valence-corrected chi connectivity index (χ0v) is 37.7. The van der Waals surface area contributed by atoms with Gasteiger partial charge in [0.25, 0.3) is 0 Å². The lowest BCUT2D eigenvalue weighted by molar-refractivity contribution is 0.746. The summed E-state index contributed by atoms with van der Waals surface area (Å²) in [5.41, 5.74) is 20.3. The fraction of sp³-hybridized carbons (Fsp3) is 0.129. The second-order valence-electron chi connectivity index (χ2n) is 18.4. The molecule has 2 aliphatic carbocycles. The van der Waals surface area contributed by atoms with Gasteiger partial charge in [-0.15, -0.1) is 0 Å². The largest absolute Gasteiger partial charge is 0.314 e. The molecule has 4 nitrogen and oxygen atoms in total. The van der Waals surface area contributed by atoms with E-state index in [0.717, 1.165) is 25.7 Å². The number of allylic oxidation sites excluding steroid dienone is 7. The van der Waals surface area contributed by atoms with Gasteiger partial charge in [-0.05, 0) is 141 Å². The summed E-state index contributed by atoms with van der Waals surface area (Å²) in [7, 11) is 0. The fourth-order valence-corrected chi connectivity index (χ4v) is 11.7. The van der Waals surface area contributed by atoms with Gasteiger partial charge in [-0.3, -0.25) is 0 Å². The first-order valence-corrected chi connectivity index (χ1v) is 23.7. The van der Waals surface area contributed by atoms with Crippen LogP contribution in [0.25, 0.3) is 99.8 Å². The number of fused-ring (bicyclic) bond motifs is 12. The average Bonchev–Trinajstić information content (AvgIpc) is 4.08. The highest BCUT2D eigenvalue weighted by Gasteiger charge is 2.28. The van der Waals surface area contributed by atoms with Gasteiger partial charge in [0.05, 0.1) is 33.1 Å². The van der Waals surface area contributed by atoms with Crippen molar-refractivity contribution in [3.63, 3.8) is 0 Å². The van der Waals surface area contributed by atoms with E-state index in [1.54, 1.807) is 0 Å². The van der Waals surface area contributed by atoms with Crippen molar-refractivity contribution >= 4 is 82.8 Å². The van der Waals surface area contributed by atoms with Crippen LogP contribution in [-0.4, -0.2) is 18.3 Å². The third-order valence-electron chi connectivity index (χ3n) is 14.6. The molecule has 2 aliphatic rings. The van der Waals surface area contributed by atoms with Gasteiger partial charge >= 0.3 is 0 Å².